The molecule has 0 radical (unpaired) electrons. The average Bonchev–Trinajstić information content (AvgIpc) is 2.48. The Morgan fingerprint density at radius 2 is 2.00 bits per heavy atom. The molecule has 0 atom stereocenters. The molecule has 1 N–H and O–H groups in total. The molecule has 0 unspecified atom stereocenters. The van der Waals surface area contributed by atoms with E-state index in [2.05, 4.69) is 17.3 Å². The van der Waals surface area contributed by atoms with E-state index in [0.29, 0.717) is 0 Å². The highest BCUT2D eigenvalue weighted by atomic mass is 16.5. The van der Waals surface area contributed by atoms with Crippen LogP contribution in [0.15, 0.2) is 24.3 Å². The minimum atomic E-state index is 0.0887. The third kappa shape index (κ3) is 7.10. The second-order valence-electron chi connectivity index (χ2n) is 4.56. The predicted octanol–water partition coefficient (Wildman–Crippen LogP) is 1.26. The monoisotopic (exact) mass is 277 g/mol. The summed E-state index contributed by atoms with van der Waals surface area (Å²) in [5, 5.41) is 11.8. The zero-order valence-electron chi connectivity index (χ0n) is 12.3. The van der Waals surface area contributed by atoms with E-state index < -0.39 is 0 Å². The highest BCUT2D eigenvalue weighted by Gasteiger charge is 1.98. The number of nitriles is 1. The summed E-state index contributed by atoms with van der Waals surface area (Å²) in [5.41, 5.74) is 1.20. The molecule has 0 saturated carbocycles. The highest BCUT2D eigenvalue weighted by Crippen LogP contribution is 2.11. The van der Waals surface area contributed by atoms with Crippen LogP contribution in [0.2, 0.25) is 0 Å². The van der Waals surface area contributed by atoms with Crippen molar-refractivity contribution in [2.45, 2.75) is 6.54 Å². The first-order valence-electron chi connectivity index (χ1n) is 6.73. The first-order valence-corrected chi connectivity index (χ1v) is 6.73. The third-order valence-corrected chi connectivity index (χ3v) is 2.90. The Morgan fingerprint density at radius 3 is 2.65 bits per heavy atom. The summed E-state index contributed by atoms with van der Waals surface area (Å²) in [6.07, 6.45) is 0. The second kappa shape index (κ2) is 10.2. The van der Waals surface area contributed by atoms with Crippen molar-refractivity contribution in [3.63, 3.8) is 0 Å². The van der Waals surface area contributed by atoms with Crippen LogP contribution in [0, 0.1) is 11.3 Å². The van der Waals surface area contributed by atoms with E-state index in [-0.39, 0.29) is 6.61 Å². The molecule has 0 heterocycles. The van der Waals surface area contributed by atoms with Gasteiger partial charge < -0.3 is 19.7 Å². The van der Waals surface area contributed by atoms with Gasteiger partial charge in [-0.3, -0.25) is 0 Å². The fourth-order valence-electron chi connectivity index (χ4n) is 1.68. The Balaban J connectivity index is 2.17. The molecule has 0 fully saturated rings. The lowest BCUT2D eigenvalue weighted by atomic mass is 10.2. The SMILES string of the molecule is COCCN(C)CCNCc1ccc(OCC#N)cc1. The number of likely N-dealkylation sites (N-methyl/N-ethyl adjacent to an activating group) is 1. The summed E-state index contributed by atoms with van der Waals surface area (Å²) in [6, 6.07) is 9.74. The summed E-state index contributed by atoms with van der Waals surface area (Å²) in [5.74, 6) is 0.731. The molecule has 5 nitrogen and oxygen atoms in total. The molecule has 1 rings (SSSR count). The van der Waals surface area contributed by atoms with E-state index in [0.717, 1.165) is 38.5 Å². The van der Waals surface area contributed by atoms with Crippen molar-refractivity contribution >= 4 is 0 Å². The summed E-state index contributed by atoms with van der Waals surface area (Å²) in [6.45, 7) is 4.56. The molecule has 0 aliphatic carbocycles. The van der Waals surface area contributed by atoms with Crippen molar-refractivity contribution < 1.29 is 9.47 Å². The van der Waals surface area contributed by atoms with Gasteiger partial charge in [0.15, 0.2) is 6.61 Å². The van der Waals surface area contributed by atoms with E-state index in [1.165, 1.54) is 5.56 Å². The molecule has 1 aromatic rings. The highest BCUT2D eigenvalue weighted by molar-refractivity contribution is 5.27. The van der Waals surface area contributed by atoms with Gasteiger partial charge in [0.2, 0.25) is 0 Å². The molecule has 110 valence electrons. The molecule has 0 spiro atoms. The predicted molar refractivity (Wildman–Crippen MR) is 78.6 cm³/mol. The van der Waals surface area contributed by atoms with E-state index in [4.69, 9.17) is 14.7 Å². The zero-order chi connectivity index (χ0) is 14.6. The minimum Gasteiger partial charge on any atom is -0.479 e. The number of nitrogens with zero attached hydrogens (tertiary/aromatic N) is 2. The molecular weight excluding hydrogens is 254 g/mol. The van der Waals surface area contributed by atoms with E-state index in [9.17, 15) is 0 Å². The zero-order valence-corrected chi connectivity index (χ0v) is 12.3. The van der Waals surface area contributed by atoms with Crippen LogP contribution in [-0.2, 0) is 11.3 Å². The molecule has 0 aromatic heterocycles. The van der Waals surface area contributed by atoms with Crippen LogP contribution in [0.25, 0.3) is 0 Å². The van der Waals surface area contributed by atoms with Gasteiger partial charge in [0, 0.05) is 33.3 Å². The van der Waals surface area contributed by atoms with Crippen molar-refractivity contribution in [2.75, 3.05) is 47.0 Å². The van der Waals surface area contributed by atoms with Crippen LogP contribution in [0.4, 0.5) is 0 Å². The molecule has 5 heteroatoms. The molecule has 20 heavy (non-hydrogen) atoms. The van der Waals surface area contributed by atoms with Crippen molar-refractivity contribution in [3.05, 3.63) is 29.8 Å². The number of benzene rings is 1. The quantitative estimate of drug-likeness (QED) is 0.652. The number of hydrogen-bond donors (Lipinski definition) is 1. The van der Waals surface area contributed by atoms with Gasteiger partial charge >= 0.3 is 0 Å². The molecule has 0 bridgehead atoms. The average molecular weight is 277 g/mol. The maximum Gasteiger partial charge on any atom is 0.174 e. The normalized spacial score (nSPS) is 10.5. The molecule has 0 aliphatic heterocycles. The number of rotatable bonds is 10. The Kier molecular flexibility index (Phi) is 8.40. The van der Waals surface area contributed by atoms with Gasteiger partial charge in [0.25, 0.3) is 0 Å². The Labute approximate surface area is 121 Å². The molecule has 0 saturated heterocycles. The molecular formula is C15H23N3O2. The summed E-state index contributed by atoms with van der Waals surface area (Å²) >= 11 is 0. The van der Waals surface area contributed by atoms with Gasteiger partial charge in [-0.1, -0.05) is 12.1 Å². The summed E-state index contributed by atoms with van der Waals surface area (Å²) in [4.78, 5) is 2.23. The standard InChI is InChI=1S/C15H23N3O2/c1-18(10-12-19-2)9-8-17-13-14-3-5-15(6-4-14)20-11-7-16/h3-6,17H,8-13H2,1-2H3. The van der Waals surface area contributed by atoms with Gasteiger partial charge in [-0.15, -0.1) is 0 Å². The topological polar surface area (TPSA) is 57.5 Å². The lowest BCUT2D eigenvalue weighted by molar-refractivity contribution is 0.161. The van der Waals surface area contributed by atoms with Crippen LogP contribution in [-0.4, -0.2) is 51.9 Å². The van der Waals surface area contributed by atoms with Crippen LogP contribution in [0.1, 0.15) is 5.56 Å². The van der Waals surface area contributed by atoms with Crippen molar-refractivity contribution in [1.29, 1.82) is 5.26 Å². The van der Waals surface area contributed by atoms with Gasteiger partial charge in [-0.05, 0) is 24.7 Å². The maximum absolute atomic E-state index is 8.43. The Hall–Kier alpha value is -1.61. The van der Waals surface area contributed by atoms with E-state index >= 15 is 0 Å². The largest absolute Gasteiger partial charge is 0.479 e. The maximum atomic E-state index is 8.43. The van der Waals surface area contributed by atoms with Crippen molar-refractivity contribution in [3.8, 4) is 11.8 Å². The van der Waals surface area contributed by atoms with Gasteiger partial charge in [-0.2, -0.15) is 5.26 Å². The smallest absolute Gasteiger partial charge is 0.174 e. The minimum absolute atomic E-state index is 0.0887. The Morgan fingerprint density at radius 1 is 1.25 bits per heavy atom. The number of ether oxygens (including phenoxy) is 2. The first kappa shape index (κ1) is 16.4. The third-order valence-electron chi connectivity index (χ3n) is 2.90. The van der Waals surface area contributed by atoms with Gasteiger partial charge in [0.1, 0.15) is 11.8 Å². The number of methoxy groups -OCH3 is 1. The lowest BCUT2D eigenvalue weighted by Crippen LogP contribution is -2.31. The Bertz CT molecular complexity index is 401. The van der Waals surface area contributed by atoms with Crippen LogP contribution < -0.4 is 10.1 Å². The first-order chi connectivity index (χ1) is 9.76. The molecule has 1 aromatic carbocycles. The van der Waals surface area contributed by atoms with Gasteiger partial charge in [0.05, 0.1) is 6.61 Å². The van der Waals surface area contributed by atoms with E-state index in [1.807, 2.05) is 30.3 Å². The number of hydrogen-bond acceptors (Lipinski definition) is 5. The van der Waals surface area contributed by atoms with Crippen LogP contribution in [0.5, 0.6) is 5.75 Å². The number of nitrogens with one attached hydrogen (secondary N) is 1. The van der Waals surface area contributed by atoms with Gasteiger partial charge in [-0.25, -0.2) is 0 Å². The van der Waals surface area contributed by atoms with Crippen LogP contribution in [0.3, 0.4) is 0 Å². The van der Waals surface area contributed by atoms with E-state index in [1.54, 1.807) is 7.11 Å². The summed E-state index contributed by atoms with van der Waals surface area (Å²) < 4.78 is 10.2. The fourth-order valence-corrected chi connectivity index (χ4v) is 1.68. The molecule has 0 aliphatic rings. The fraction of sp³-hybridized carbons (Fsp3) is 0.533. The van der Waals surface area contributed by atoms with Crippen molar-refractivity contribution in [1.82, 2.24) is 10.2 Å². The lowest BCUT2D eigenvalue weighted by Gasteiger charge is -2.16. The van der Waals surface area contributed by atoms with Crippen LogP contribution >= 0.6 is 0 Å². The van der Waals surface area contributed by atoms with Crippen molar-refractivity contribution in [2.24, 2.45) is 0 Å². The summed E-state index contributed by atoms with van der Waals surface area (Å²) in [7, 11) is 3.80. The molecule has 0 amide bonds. The second-order valence-corrected chi connectivity index (χ2v) is 4.56.